The largest absolute Gasteiger partial charge is 0.280 e. The zero-order valence-corrected chi connectivity index (χ0v) is 9.96. The van der Waals surface area contributed by atoms with E-state index in [2.05, 4.69) is 33.4 Å². The van der Waals surface area contributed by atoms with E-state index in [0.29, 0.717) is 0 Å². The lowest BCUT2D eigenvalue weighted by molar-refractivity contribution is 1.10. The number of para-hydroxylation sites is 3. The number of imidazole rings is 1. The topological polar surface area (TPSA) is 30.2 Å². The van der Waals surface area contributed by atoms with E-state index in [4.69, 9.17) is 0 Å². The highest BCUT2D eigenvalue weighted by molar-refractivity contribution is 5.87. The number of aryl methyl sites for hydroxylation is 1. The summed E-state index contributed by atoms with van der Waals surface area (Å²) >= 11 is 0. The van der Waals surface area contributed by atoms with Gasteiger partial charge in [-0.25, -0.2) is 9.97 Å². The molecule has 0 N–H and O–H groups in total. The molecule has 0 saturated carbocycles. The van der Waals surface area contributed by atoms with Gasteiger partial charge >= 0.3 is 0 Å². The van der Waals surface area contributed by atoms with E-state index < -0.39 is 0 Å². The maximum atomic E-state index is 4.63. The fraction of sp³-hybridized carbons (Fsp3) is 0.0667. The normalized spacial score (nSPS) is 11.6. The molecule has 2 aromatic carbocycles. The molecule has 0 amide bonds. The van der Waals surface area contributed by atoms with Gasteiger partial charge in [-0.05, 0) is 25.1 Å². The smallest absolute Gasteiger partial charge is 0.235 e. The molecule has 0 radical (unpaired) electrons. The van der Waals surface area contributed by atoms with Crippen molar-refractivity contribution in [2.45, 2.75) is 6.92 Å². The van der Waals surface area contributed by atoms with E-state index in [9.17, 15) is 0 Å². The molecule has 0 spiro atoms. The van der Waals surface area contributed by atoms with Crippen molar-refractivity contribution < 1.29 is 0 Å². The number of hydrogen-bond donors (Lipinski definition) is 0. The van der Waals surface area contributed by atoms with Gasteiger partial charge in [-0.2, -0.15) is 0 Å². The Morgan fingerprint density at radius 3 is 2.39 bits per heavy atom. The van der Waals surface area contributed by atoms with Gasteiger partial charge in [-0.1, -0.05) is 30.3 Å². The number of rotatable bonds is 0. The van der Waals surface area contributed by atoms with Gasteiger partial charge in [-0.15, -0.1) is 0 Å². The predicted octanol–water partition coefficient (Wildman–Crippen LogP) is 3.34. The van der Waals surface area contributed by atoms with Crippen LogP contribution in [0.2, 0.25) is 0 Å². The highest BCUT2D eigenvalue weighted by Gasteiger charge is 2.09. The predicted molar refractivity (Wildman–Crippen MR) is 72.7 cm³/mol. The zero-order valence-electron chi connectivity index (χ0n) is 9.96. The van der Waals surface area contributed by atoms with E-state index in [1.165, 1.54) is 11.1 Å². The van der Waals surface area contributed by atoms with Crippen LogP contribution in [0.4, 0.5) is 0 Å². The summed E-state index contributed by atoms with van der Waals surface area (Å²) in [5.41, 5.74) is 4.29. The van der Waals surface area contributed by atoms with E-state index in [1.807, 2.05) is 36.4 Å². The molecule has 2 heterocycles. The molecule has 2 aromatic heterocycles. The zero-order chi connectivity index (χ0) is 12.1. The van der Waals surface area contributed by atoms with Crippen molar-refractivity contribution in [3.63, 3.8) is 0 Å². The average Bonchev–Trinajstić information content (AvgIpc) is 2.77. The summed E-state index contributed by atoms with van der Waals surface area (Å²) in [6, 6.07) is 16.3. The summed E-state index contributed by atoms with van der Waals surface area (Å²) in [7, 11) is 0. The van der Waals surface area contributed by atoms with Gasteiger partial charge in [0.1, 0.15) is 0 Å². The van der Waals surface area contributed by atoms with E-state index in [0.717, 1.165) is 22.3 Å². The number of benzene rings is 2. The fourth-order valence-corrected chi connectivity index (χ4v) is 2.52. The number of aromatic nitrogens is 3. The Balaban J connectivity index is 2.34. The summed E-state index contributed by atoms with van der Waals surface area (Å²) in [5.74, 6) is 0.771. The van der Waals surface area contributed by atoms with Gasteiger partial charge in [0.25, 0.3) is 0 Å². The standard InChI is InChI=1S/C15H11N3/c1-10-11-6-2-3-7-12(11)16-15-17-13-8-4-5-9-14(13)18(10)15/h2-9H,1H3. The first kappa shape index (κ1) is 9.59. The van der Waals surface area contributed by atoms with Crippen LogP contribution < -0.4 is 0 Å². The van der Waals surface area contributed by atoms with Gasteiger partial charge in [-0.3, -0.25) is 4.40 Å². The van der Waals surface area contributed by atoms with Gasteiger partial charge in [0, 0.05) is 11.1 Å². The maximum absolute atomic E-state index is 4.63. The molecule has 0 bridgehead atoms. The van der Waals surface area contributed by atoms with Crippen molar-refractivity contribution >= 4 is 27.7 Å². The molecule has 3 nitrogen and oxygen atoms in total. The minimum Gasteiger partial charge on any atom is -0.280 e. The van der Waals surface area contributed by atoms with Crippen LogP contribution in [0.1, 0.15) is 5.69 Å². The third-order valence-corrected chi connectivity index (χ3v) is 3.39. The van der Waals surface area contributed by atoms with Crippen LogP contribution in [0.15, 0.2) is 48.5 Å². The minimum atomic E-state index is 0.771. The van der Waals surface area contributed by atoms with E-state index >= 15 is 0 Å². The molecule has 86 valence electrons. The fourth-order valence-electron chi connectivity index (χ4n) is 2.52. The minimum absolute atomic E-state index is 0.771. The first-order valence-corrected chi connectivity index (χ1v) is 5.97. The van der Waals surface area contributed by atoms with Crippen molar-refractivity contribution in [1.82, 2.24) is 14.4 Å². The highest BCUT2D eigenvalue weighted by atomic mass is 15.1. The van der Waals surface area contributed by atoms with Crippen molar-refractivity contribution in [3.05, 3.63) is 54.2 Å². The molecule has 4 rings (SSSR count). The molecule has 0 aliphatic rings. The molecule has 0 fully saturated rings. The molecular weight excluding hydrogens is 222 g/mol. The third kappa shape index (κ3) is 1.13. The van der Waals surface area contributed by atoms with Crippen LogP contribution in [-0.2, 0) is 0 Å². The summed E-state index contributed by atoms with van der Waals surface area (Å²) < 4.78 is 2.12. The number of fused-ring (bicyclic) bond motifs is 4. The molecule has 3 heteroatoms. The lowest BCUT2D eigenvalue weighted by Gasteiger charge is -2.05. The maximum Gasteiger partial charge on any atom is 0.235 e. The number of nitrogens with zero attached hydrogens (tertiary/aromatic N) is 3. The molecule has 0 saturated heterocycles. The summed E-state index contributed by atoms with van der Waals surface area (Å²) in [4.78, 5) is 9.21. The average molecular weight is 233 g/mol. The Morgan fingerprint density at radius 2 is 1.50 bits per heavy atom. The van der Waals surface area contributed by atoms with Gasteiger partial charge < -0.3 is 0 Å². The second-order valence-corrected chi connectivity index (χ2v) is 4.45. The van der Waals surface area contributed by atoms with Crippen LogP contribution in [0.3, 0.4) is 0 Å². The van der Waals surface area contributed by atoms with E-state index in [1.54, 1.807) is 0 Å². The lowest BCUT2D eigenvalue weighted by atomic mass is 10.2. The van der Waals surface area contributed by atoms with Crippen molar-refractivity contribution in [2.75, 3.05) is 0 Å². The van der Waals surface area contributed by atoms with Crippen LogP contribution in [-0.4, -0.2) is 14.4 Å². The van der Waals surface area contributed by atoms with Crippen LogP contribution in [0.5, 0.6) is 0 Å². The number of hydrogen-bond acceptors (Lipinski definition) is 2. The molecule has 0 aliphatic carbocycles. The summed E-state index contributed by atoms with van der Waals surface area (Å²) in [6.07, 6.45) is 0. The molecule has 4 aromatic rings. The van der Waals surface area contributed by atoms with Gasteiger partial charge in [0.2, 0.25) is 5.78 Å². The monoisotopic (exact) mass is 233 g/mol. The van der Waals surface area contributed by atoms with Crippen LogP contribution in [0.25, 0.3) is 27.7 Å². The van der Waals surface area contributed by atoms with Gasteiger partial charge in [0.05, 0.1) is 16.6 Å². The SMILES string of the molecule is Cc1c2ccccc2nc2nc3ccccc3n12. The second kappa shape index (κ2) is 3.29. The first-order valence-electron chi connectivity index (χ1n) is 5.97. The molecule has 0 aliphatic heterocycles. The van der Waals surface area contributed by atoms with Crippen molar-refractivity contribution in [2.24, 2.45) is 0 Å². The Labute approximate surface area is 104 Å². The van der Waals surface area contributed by atoms with E-state index in [-0.39, 0.29) is 0 Å². The second-order valence-electron chi connectivity index (χ2n) is 4.45. The molecular formula is C15H11N3. The Morgan fingerprint density at radius 1 is 0.833 bits per heavy atom. The third-order valence-electron chi connectivity index (χ3n) is 3.39. The molecule has 18 heavy (non-hydrogen) atoms. The highest BCUT2D eigenvalue weighted by Crippen LogP contribution is 2.22. The quantitative estimate of drug-likeness (QED) is 0.466. The lowest BCUT2D eigenvalue weighted by Crippen LogP contribution is -1.95. The Hall–Kier alpha value is -2.42. The first-order chi connectivity index (χ1) is 8.84. The molecule has 0 atom stereocenters. The summed E-state index contributed by atoms with van der Waals surface area (Å²) in [6.45, 7) is 2.12. The van der Waals surface area contributed by atoms with Crippen LogP contribution >= 0.6 is 0 Å². The molecule has 0 unspecified atom stereocenters. The summed E-state index contributed by atoms with van der Waals surface area (Å²) in [5, 5.41) is 1.17. The van der Waals surface area contributed by atoms with Crippen molar-refractivity contribution in [3.8, 4) is 0 Å². The van der Waals surface area contributed by atoms with Gasteiger partial charge in [0.15, 0.2) is 0 Å². The van der Waals surface area contributed by atoms with Crippen LogP contribution in [0, 0.1) is 6.92 Å². The Bertz CT molecular complexity index is 890. The Kier molecular flexibility index (Phi) is 1.75. The van der Waals surface area contributed by atoms with Crippen molar-refractivity contribution in [1.29, 1.82) is 0 Å².